The fraction of sp³-hybridized carbons (Fsp3) is 0.308. The number of aromatic nitrogens is 2. The molecule has 0 aliphatic heterocycles. The Bertz CT molecular complexity index is 526. The molecule has 0 bridgehead atoms. The van der Waals surface area contributed by atoms with Crippen molar-refractivity contribution < 1.29 is 0 Å². The Morgan fingerprint density at radius 2 is 2.17 bits per heavy atom. The first-order valence-electron chi connectivity index (χ1n) is 5.83. The Labute approximate surface area is 120 Å². The number of nitrogens with two attached hydrogens (primary N) is 1. The predicted octanol–water partition coefficient (Wildman–Crippen LogP) is 3.63. The molecule has 0 saturated carbocycles. The molecule has 0 spiro atoms. The minimum atomic E-state index is -0.0463. The molecule has 0 aliphatic rings. The highest BCUT2D eigenvalue weighted by Crippen LogP contribution is 2.29. The first-order valence-corrected chi connectivity index (χ1v) is 7.00. The van der Waals surface area contributed by atoms with E-state index in [0.29, 0.717) is 0 Å². The highest BCUT2D eigenvalue weighted by molar-refractivity contribution is 9.10. The van der Waals surface area contributed by atoms with Crippen LogP contribution in [0.15, 0.2) is 41.1 Å². The van der Waals surface area contributed by atoms with Gasteiger partial charge < -0.3 is 5.73 Å². The van der Waals surface area contributed by atoms with Crippen molar-refractivity contribution in [1.82, 2.24) is 9.78 Å². The molecule has 1 aromatic heterocycles. The summed E-state index contributed by atoms with van der Waals surface area (Å²) in [6.07, 6.45) is 4.53. The van der Waals surface area contributed by atoms with E-state index in [1.165, 1.54) is 0 Å². The molecule has 2 atom stereocenters. The molecule has 0 fully saturated rings. The maximum Gasteiger partial charge on any atom is 0.0933 e. The molecule has 2 unspecified atom stereocenters. The molecule has 0 radical (unpaired) electrons. The quantitative estimate of drug-likeness (QED) is 0.931. The molecule has 0 amide bonds. The summed E-state index contributed by atoms with van der Waals surface area (Å²) in [5.41, 5.74) is 7.23. The van der Waals surface area contributed by atoms with Crippen LogP contribution >= 0.6 is 27.5 Å². The second kappa shape index (κ2) is 5.87. The van der Waals surface area contributed by atoms with Crippen LogP contribution in [0.4, 0.5) is 0 Å². The van der Waals surface area contributed by atoms with Gasteiger partial charge in [0.25, 0.3) is 0 Å². The molecule has 2 rings (SSSR count). The number of hydrogen-bond acceptors (Lipinski definition) is 2. The molecule has 1 aromatic carbocycles. The maximum absolute atomic E-state index is 6.27. The summed E-state index contributed by atoms with van der Waals surface area (Å²) >= 11 is 9.67. The van der Waals surface area contributed by atoms with Gasteiger partial charge in [-0.3, -0.25) is 4.68 Å². The van der Waals surface area contributed by atoms with Crippen molar-refractivity contribution in [3.05, 3.63) is 51.7 Å². The van der Waals surface area contributed by atoms with Gasteiger partial charge in [0.1, 0.15) is 0 Å². The van der Waals surface area contributed by atoms with Crippen molar-refractivity contribution in [3.63, 3.8) is 0 Å². The van der Waals surface area contributed by atoms with Gasteiger partial charge in [-0.25, -0.2) is 0 Å². The van der Waals surface area contributed by atoms with E-state index in [-0.39, 0.29) is 12.1 Å². The Morgan fingerprint density at radius 3 is 2.72 bits per heavy atom. The van der Waals surface area contributed by atoms with E-state index < -0.39 is 0 Å². The Hall–Kier alpha value is -0.840. The molecule has 1 heterocycles. The number of benzene rings is 1. The lowest BCUT2D eigenvalue weighted by molar-refractivity contribution is 0.424. The SMILES string of the molecule is CCC(N)C(c1ccccc1Cl)n1cc(Br)cn1. The first-order chi connectivity index (χ1) is 8.63. The van der Waals surface area contributed by atoms with Gasteiger partial charge in [-0.2, -0.15) is 5.10 Å². The van der Waals surface area contributed by atoms with Crippen LogP contribution in [0.25, 0.3) is 0 Å². The van der Waals surface area contributed by atoms with Crippen molar-refractivity contribution in [1.29, 1.82) is 0 Å². The van der Waals surface area contributed by atoms with Crippen LogP contribution in [-0.2, 0) is 0 Å². The third kappa shape index (κ3) is 2.76. The predicted molar refractivity (Wildman–Crippen MR) is 77.8 cm³/mol. The number of rotatable bonds is 4. The van der Waals surface area contributed by atoms with Gasteiger partial charge in [-0.1, -0.05) is 36.7 Å². The lowest BCUT2D eigenvalue weighted by atomic mass is 9.98. The third-order valence-corrected chi connectivity index (χ3v) is 3.71. The zero-order valence-corrected chi connectivity index (χ0v) is 12.4. The largest absolute Gasteiger partial charge is 0.326 e. The van der Waals surface area contributed by atoms with Crippen molar-refractivity contribution >= 4 is 27.5 Å². The van der Waals surface area contributed by atoms with Crippen LogP contribution in [0.1, 0.15) is 24.9 Å². The number of nitrogens with zero attached hydrogens (tertiary/aromatic N) is 2. The summed E-state index contributed by atoms with van der Waals surface area (Å²) in [7, 11) is 0. The molecule has 2 N–H and O–H groups in total. The van der Waals surface area contributed by atoms with Crippen molar-refractivity contribution in [3.8, 4) is 0 Å². The van der Waals surface area contributed by atoms with Gasteiger partial charge in [0.05, 0.1) is 16.7 Å². The fourth-order valence-electron chi connectivity index (χ4n) is 1.97. The average molecular weight is 329 g/mol. The summed E-state index contributed by atoms with van der Waals surface area (Å²) in [4.78, 5) is 0. The third-order valence-electron chi connectivity index (χ3n) is 2.96. The normalized spacial score (nSPS) is 14.4. The summed E-state index contributed by atoms with van der Waals surface area (Å²) in [5, 5.41) is 5.05. The Balaban J connectivity index is 2.47. The van der Waals surface area contributed by atoms with Gasteiger partial charge >= 0.3 is 0 Å². The highest BCUT2D eigenvalue weighted by Gasteiger charge is 2.23. The highest BCUT2D eigenvalue weighted by atomic mass is 79.9. The Kier molecular flexibility index (Phi) is 4.43. The van der Waals surface area contributed by atoms with E-state index in [2.05, 4.69) is 28.0 Å². The summed E-state index contributed by atoms with van der Waals surface area (Å²) in [6.45, 7) is 2.06. The molecule has 2 aromatic rings. The second-order valence-electron chi connectivity index (χ2n) is 4.18. The Morgan fingerprint density at radius 1 is 1.44 bits per heavy atom. The molecular formula is C13H15BrClN3. The van der Waals surface area contributed by atoms with Gasteiger partial charge in [-0.05, 0) is 34.0 Å². The second-order valence-corrected chi connectivity index (χ2v) is 5.50. The first kappa shape index (κ1) is 13.6. The molecule has 18 heavy (non-hydrogen) atoms. The van der Waals surface area contributed by atoms with E-state index >= 15 is 0 Å². The zero-order valence-electron chi connectivity index (χ0n) is 10.1. The summed E-state index contributed by atoms with van der Waals surface area (Å²) in [6, 6.07) is 7.68. The lowest BCUT2D eigenvalue weighted by Gasteiger charge is -2.24. The molecule has 3 nitrogen and oxygen atoms in total. The molecular weight excluding hydrogens is 314 g/mol. The van der Waals surface area contributed by atoms with E-state index in [1.54, 1.807) is 6.20 Å². The van der Waals surface area contributed by atoms with Gasteiger partial charge in [0, 0.05) is 17.3 Å². The standard InChI is InChI=1S/C13H15BrClN3/c1-2-12(16)13(18-8-9(14)7-17-18)10-5-3-4-6-11(10)15/h3-8,12-13H,2,16H2,1H3. The zero-order chi connectivity index (χ0) is 13.1. The van der Waals surface area contributed by atoms with Gasteiger partial charge in [0.2, 0.25) is 0 Å². The minimum Gasteiger partial charge on any atom is -0.326 e. The minimum absolute atomic E-state index is 0.0308. The van der Waals surface area contributed by atoms with E-state index in [4.69, 9.17) is 17.3 Å². The van der Waals surface area contributed by atoms with Crippen LogP contribution in [0.3, 0.4) is 0 Å². The van der Waals surface area contributed by atoms with E-state index in [1.807, 2.05) is 35.1 Å². The van der Waals surface area contributed by atoms with Crippen molar-refractivity contribution in [2.75, 3.05) is 0 Å². The summed E-state index contributed by atoms with van der Waals surface area (Å²) < 4.78 is 2.79. The van der Waals surface area contributed by atoms with Crippen LogP contribution in [-0.4, -0.2) is 15.8 Å². The van der Waals surface area contributed by atoms with Crippen molar-refractivity contribution in [2.24, 2.45) is 5.73 Å². The maximum atomic E-state index is 6.27. The van der Waals surface area contributed by atoms with E-state index in [9.17, 15) is 0 Å². The topological polar surface area (TPSA) is 43.8 Å². The van der Waals surface area contributed by atoms with Crippen LogP contribution in [0.5, 0.6) is 0 Å². The lowest BCUT2D eigenvalue weighted by Crippen LogP contribution is -2.33. The molecule has 5 heteroatoms. The number of halogens is 2. The average Bonchev–Trinajstić information content (AvgIpc) is 2.78. The van der Waals surface area contributed by atoms with Crippen molar-refractivity contribution in [2.45, 2.75) is 25.4 Å². The van der Waals surface area contributed by atoms with Crippen LogP contribution < -0.4 is 5.73 Å². The van der Waals surface area contributed by atoms with Crippen LogP contribution in [0, 0.1) is 0 Å². The van der Waals surface area contributed by atoms with Gasteiger partial charge in [-0.15, -0.1) is 0 Å². The smallest absolute Gasteiger partial charge is 0.0933 e. The number of hydrogen-bond donors (Lipinski definition) is 1. The fourth-order valence-corrected chi connectivity index (χ4v) is 2.52. The monoisotopic (exact) mass is 327 g/mol. The molecule has 0 saturated heterocycles. The van der Waals surface area contributed by atoms with Crippen LogP contribution in [0.2, 0.25) is 5.02 Å². The van der Waals surface area contributed by atoms with Gasteiger partial charge in [0.15, 0.2) is 0 Å². The molecule has 0 aliphatic carbocycles. The summed E-state index contributed by atoms with van der Waals surface area (Å²) in [5.74, 6) is 0. The molecule has 96 valence electrons. The van der Waals surface area contributed by atoms with E-state index in [0.717, 1.165) is 21.5 Å².